The Bertz CT molecular complexity index is 437. The molecule has 0 spiro atoms. The van der Waals surface area contributed by atoms with Crippen molar-refractivity contribution in [2.75, 3.05) is 7.11 Å². The highest BCUT2D eigenvalue weighted by Gasteiger charge is 2.12. The molecule has 4 heteroatoms. The van der Waals surface area contributed by atoms with E-state index in [2.05, 4.69) is 15.9 Å². The van der Waals surface area contributed by atoms with Crippen molar-refractivity contribution < 1.29 is 9.53 Å². The first-order chi connectivity index (χ1) is 7.58. The number of hydrogen-bond donors (Lipinski definition) is 0. The predicted octanol–water partition coefficient (Wildman–Crippen LogP) is 3.19. The van der Waals surface area contributed by atoms with Crippen LogP contribution in [-0.4, -0.2) is 12.9 Å². The third kappa shape index (κ3) is 3.07. The molecule has 16 heavy (non-hydrogen) atoms. The van der Waals surface area contributed by atoms with Crippen LogP contribution in [0, 0.1) is 17.2 Å². The number of nitrogens with zero attached hydrogens (tertiary/aromatic N) is 1. The molecule has 0 aromatic heterocycles. The first kappa shape index (κ1) is 12.7. The van der Waals surface area contributed by atoms with Crippen molar-refractivity contribution in [3.8, 4) is 11.8 Å². The predicted molar refractivity (Wildman–Crippen MR) is 64.4 cm³/mol. The maximum absolute atomic E-state index is 11.8. The maximum atomic E-state index is 11.8. The summed E-state index contributed by atoms with van der Waals surface area (Å²) in [7, 11) is 1.57. The van der Waals surface area contributed by atoms with Gasteiger partial charge in [-0.05, 0) is 41.1 Å². The number of hydrogen-bond acceptors (Lipinski definition) is 3. The molecule has 0 aliphatic heterocycles. The van der Waals surface area contributed by atoms with E-state index >= 15 is 0 Å². The Kier molecular flexibility index (Phi) is 4.51. The van der Waals surface area contributed by atoms with Gasteiger partial charge in [0, 0.05) is 12.0 Å². The highest BCUT2D eigenvalue weighted by Crippen LogP contribution is 2.26. The van der Waals surface area contributed by atoms with Crippen LogP contribution >= 0.6 is 15.9 Å². The second kappa shape index (κ2) is 5.66. The molecule has 0 heterocycles. The molecule has 0 fully saturated rings. The quantitative estimate of drug-likeness (QED) is 0.797. The molecule has 1 unspecified atom stereocenters. The van der Waals surface area contributed by atoms with Gasteiger partial charge >= 0.3 is 0 Å². The molecule has 0 aliphatic rings. The number of nitriles is 1. The van der Waals surface area contributed by atoms with Crippen molar-refractivity contribution in [1.82, 2.24) is 0 Å². The molecule has 0 N–H and O–H groups in total. The second-order valence-electron chi connectivity index (χ2n) is 3.51. The van der Waals surface area contributed by atoms with Crippen LogP contribution in [0.25, 0.3) is 0 Å². The molecule has 1 aromatic carbocycles. The zero-order chi connectivity index (χ0) is 12.1. The first-order valence-electron chi connectivity index (χ1n) is 4.84. The van der Waals surface area contributed by atoms with Crippen molar-refractivity contribution in [1.29, 1.82) is 5.26 Å². The third-order valence-electron chi connectivity index (χ3n) is 2.19. The molecule has 0 bridgehead atoms. The topological polar surface area (TPSA) is 50.1 Å². The average Bonchev–Trinajstić information content (AvgIpc) is 2.28. The van der Waals surface area contributed by atoms with E-state index in [0.717, 1.165) is 4.47 Å². The molecule has 1 atom stereocenters. The summed E-state index contributed by atoms with van der Waals surface area (Å²) in [6.07, 6.45) is 0.245. The van der Waals surface area contributed by atoms with Crippen LogP contribution in [0.3, 0.4) is 0 Å². The van der Waals surface area contributed by atoms with Crippen LogP contribution in [-0.2, 0) is 0 Å². The van der Waals surface area contributed by atoms with Crippen LogP contribution in [0.2, 0.25) is 0 Å². The smallest absolute Gasteiger partial charge is 0.164 e. The Morgan fingerprint density at radius 1 is 1.62 bits per heavy atom. The molecule has 0 radical (unpaired) electrons. The fourth-order valence-electron chi connectivity index (χ4n) is 1.28. The normalized spacial score (nSPS) is 11.6. The number of rotatable bonds is 4. The molecule has 84 valence electrons. The zero-order valence-corrected chi connectivity index (χ0v) is 10.7. The number of methoxy groups -OCH3 is 1. The monoisotopic (exact) mass is 281 g/mol. The molecule has 0 saturated heterocycles. The van der Waals surface area contributed by atoms with Crippen LogP contribution in [0.4, 0.5) is 0 Å². The molecule has 3 nitrogen and oxygen atoms in total. The van der Waals surface area contributed by atoms with E-state index in [1.54, 1.807) is 32.2 Å². The molecule has 0 saturated carbocycles. The van der Waals surface area contributed by atoms with E-state index < -0.39 is 0 Å². The Balaban J connectivity index is 2.86. The van der Waals surface area contributed by atoms with E-state index in [9.17, 15) is 4.79 Å². The minimum Gasteiger partial charge on any atom is -0.496 e. The Morgan fingerprint density at radius 2 is 2.31 bits per heavy atom. The highest BCUT2D eigenvalue weighted by atomic mass is 79.9. The average molecular weight is 282 g/mol. The van der Waals surface area contributed by atoms with Crippen molar-refractivity contribution in [2.24, 2.45) is 5.92 Å². The molecule has 1 aromatic rings. The lowest BCUT2D eigenvalue weighted by Gasteiger charge is -2.06. The minimum atomic E-state index is -0.256. The van der Waals surface area contributed by atoms with Gasteiger partial charge in [-0.3, -0.25) is 4.79 Å². The van der Waals surface area contributed by atoms with E-state index in [0.29, 0.717) is 11.3 Å². The van der Waals surface area contributed by atoms with Gasteiger partial charge in [-0.2, -0.15) is 5.26 Å². The zero-order valence-electron chi connectivity index (χ0n) is 9.16. The summed E-state index contributed by atoms with van der Waals surface area (Å²) in [5.41, 5.74) is 0.592. The van der Waals surface area contributed by atoms with Gasteiger partial charge in [-0.1, -0.05) is 0 Å². The molecule has 1 rings (SSSR count). The number of carbonyl (C=O) groups is 1. The summed E-state index contributed by atoms with van der Waals surface area (Å²) in [4.78, 5) is 11.8. The van der Waals surface area contributed by atoms with Gasteiger partial charge in [0.15, 0.2) is 5.78 Å². The van der Waals surface area contributed by atoms with E-state index in [4.69, 9.17) is 10.00 Å². The third-order valence-corrected chi connectivity index (χ3v) is 2.81. The largest absolute Gasteiger partial charge is 0.496 e. The maximum Gasteiger partial charge on any atom is 0.164 e. The first-order valence-corrected chi connectivity index (χ1v) is 5.64. The Hall–Kier alpha value is -1.34. The van der Waals surface area contributed by atoms with Crippen LogP contribution in [0.5, 0.6) is 5.75 Å². The van der Waals surface area contributed by atoms with Gasteiger partial charge in [0.05, 0.1) is 23.6 Å². The van der Waals surface area contributed by atoms with Crippen molar-refractivity contribution in [2.45, 2.75) is 13.3 Å². The van der Waals surface area contributed by atoms with Gasteiger partial charge < -0.3 is 4.74 Å². The van der Waals surface area contributed by atoms with Crippen LogP contribution < -0.4 is 4.74 Å². The number of halogens is 1. The molecular formula is C12H12BrNO2. The van der Waals surface area contributed by atoms with E-state index in [1.165, 1.54) is 0 Å². The SMILES string of the molecule is COc1ccc(C(=O)CC(C)C#N)cc1Br. The van der Waals surface area contributed by atoms with E-state index in [1.807, 2.05) is 6.07 Å². The van der Waals surface area contributed by atoms with Crippen LogP contribution in [0.1, 0.15) is 23.7 Å². The lowest BCUT2D eigenvalue weighted by Crippen LogP contribution is -2.04. The van der Waals surface area contributed by atoms with Gasteiger partial charge in [0.2, 0.25) is 0 Å². The fraction of sp³-hybridized carbons (Fsp3) is 0.333. The number of ether oxygens (including phenoxy) is 1. The number of ketones is 1. The van der Waals surface area contributed by atoms with Crippen molar-refractivity contribution in [3.63, 3.8) is 0 Å². The number of benzene rings is 1. The van der Waals surface area contributed by atoms with Crippen molar-refractivity contribution in [3.05, 3.63) is 28.2 Å². The van der Waals surface area contributed by atoms with Crippen molar-refractivity contribution >= 4 is 21.7 Å². The lowest BCUT2D eigenvalue weighted by atomic mass is 10.0. The number of carbonyl (C=O) groups excluding carboxylic acids is 1. The van der Waals surface area contributed by atoms with Gasteiger partial charge in [0.1, 0.15) is 5.75 Å². The summed E-state index contributed by atoms with van der Waals surface area (Å²) in [5, 5.41) is 8.64. The summed E-state index contributed by atoms with van der Waals surface area (Å²) >= 11 is 3.32. The van der Waals surface area contributed by atoms with E-state index in [-0.39, 0.29) is 18.1 Å². The molecule has 0 aliphatic carbocycles. The fourth-order valence-corrected chi connectivity index (χ4v) is 1.82. The number of Topliss-reactive ketones (excluding diaryl/α,β-unsaturated/α-hetero) is 1. The molecular weight excluding hydrogens is 270 g/mol. The Labute approximate surface area is 103 Å². The van der Waals surface area contributed by atoms with Crippen LogP contribution in [0.15, 0.2) is 22.7 Å². The summed E-state index contributed by atoms with van der Waals surface area (Å²) in [6.45, 7) is 1.73. The summed E-state index contributed by atoms with van der Waals surface area (Å²) in [6, 6.07) is 7.19. The van der Waals surface area contributed by atoms with Gasteiger partial charge in [-0.25, -0.2) is 0 Å². The van der Waals surface area contributed by atoms with Gasteiger partial charge in [-0.15, -0.1) is 0 Å². The highest BCUT2D eigenvalue weighted by molar-refractivity contribution is 9.10. The summed E-state index contributed by atoms with van der Waals surface area (Å²) in [5.74, 6) is 0.399. The van der Waals surface area contributed by atoms with Gasteiger partial charge in [0.25, 0.3) is 0 Å². The second-order valence-corrected chi connectivity index (χ2v) is 4.36. The Morgan fingerprint density at radius 3 is 2.81 bits per heavy atom. The standard InChI is InChI=1S/C12H12BrNO2/c1-8(7-14)5-11(15)9-3-4-12(16-2)10(13)6-9/h3-4,6,8H,5H2,1-2H3. The minimum absolute atomic E-state index is 0.0302. The summed E-state index contributed by atoms with van der Waals surface area (Å²) < 4.78 is 5.81. The molecule has 0 amide bonds. The lowest BCUT2D eigenvalue weighted by molar-refractivity contribution is 0.0972.